The van der Waals surface area contributed by atoms with E-state index in [0.717, 1.165) is 16.9 Å². The SMILES string of the molecule is CCc1ccc(COC(=O)N(C)CC(=O)O)cc1. The van der Waals surface area contributed by atoms with Crippen molar-refractivity contribution >= 4 is 12.1 Å². The van der Waals surface area contributed by atoms with Gasteiger partial charge >= 0.3 is 12.1 Å². The van der Waals surface area contributed by atoms with Gasteiger partial charge in [-0.1, -0.05) is 31.2 Å². The molecule has 0 aliphatic carbocycles. The number of benzene rings is 1. The summed E-state index contributed by atoms with van der Waals surface area (Å²) >= 11 is 0. The van der Waals surface area contributed by atoms with Crippen LogP contribution in [0.2, 0.25) is 0 Å². The number of nitrogens with zero attached hydrogens (tertiary/aromatic N) is 1. The minimum absolute atomic E-state index is 0.146. The van der Waals surface area contributed by atoms with Gasteiger partial charge in [-0.15, -0.1) is 0 Å². The van der Waals surface area contributed by atoms with E-state index in [-0.39, 0.29) is 13.2 Å². The fourth-order valence-electron chi connectivity index (χ4n) is 1.39. The molecule has 1 amide bonds. The second kappa shape index (κ2) is 6.64. The van der Waals surface area contributed by atoms with Crippen LogP contribution in [-0.2, 0) is 22.6 Å². The quantitative estimate of drug-likeness (QED) is 0.868. The largest absolute Gasteiger partial charge is 0.480 e. The molecular weight excluding hydrogens is 234 g/mol. The third-order valence-electron chi connectivity index (χ3n) is 2.48. The molecule has 0 unspecified atom stereocenters. The highest BCUT2D eigenvalue weighted by Gasteiger charge is 2.13. The number of hydrogen-bond acceptors (Lipinski definition) is 3. The molecule has 1 aromatic rings. The van der Waals surface area contributed by atoms with Crippen molar-refractivity contribution in [3.8, 4) is 0 Å². The van der Waals surface area contributed by atoms with Gasteiger partial charge in [-0.25, -0.2) is 4.79 Å². The van der Waals surface area contributed by atoms with Gasteiger partial charge in [0.05, 0.1) is 0 Å². The number of amides is 1. The van der Waals surface area contributed by atoms with E-state index in [1.807, 2.05) is 24.3 Å². The van der Waals surface area contributed by atoms with Gasteiger partial charge in [-0.2, -0.15) is 0 Å². The number of likely N-dealkylation sites (N-methyl/N-ethyl adjacent to an activating group) is 1. The maximum absolute atomic E-state index is 11.4. The first kappa shape index (κ1) is 14.0. The van der Waals surface area contributed by atoms with Gasteiger partial charge in [0.15, 0.2) is 0 Å². The Morgan fingerprint density at radius 3 is 2.28 bits per heavy atom. The first-order valence-electron chi connectivity index (χ1n) is 5.70. The van der Waals surface area contributed by atoms with Crippen LogP contribution in [0.15, 0.2) is 24.3 Å². The van der Waals surface area contributed by atoms with E-state index >= 15 is 0 Å². The summed E-state index contributed by atoms with van der Waals surface area (Å²) in [5, 5.41) is 8.53. The number of carboxylic acids is 1. The minimum Gasteiger partial charge on any atom is -0.480 e. The lowest BCUT2D eigenvalue weighted by molar-refractivity contribution is -0.137. The Balaban J connectivity index is 2.44. The van der Waals surface area contributed by atoms with Crippen molar-refractivity contribution in [2.75, 3.05) is 13.6 Å². The van der Waals surface area contributed by atoms with Gasteiger partial charge in [0, 0.05) is 7.05 Å². The molecule has 1 N–H and O–H groups in total. The molecule has 0 radical (unpaired) electrons. The monoisotopic (exact) mass is 251 g/mol. The second-order valence-corrected chi connectivity index (χ2v) is 3.97. The van der Waals surface area contributed by atoms with E-state index in [4.69, 9.17) is 9.84 Å². The molecular formula is C13H17NO4. The molecule has 0 saturated heterocycles. The summed E-state index contributed by atoms with van der Waals surface area (Å²) in [6, 6.07) is 7.74. The number of carbonyl (C=O) groups is 2. The molecule has 0 saturated carbocycles. The fraction of sp³-hybridized carbons (Fsp3) is 0.385. The molecule has 5 heteroatoms. The highest BCUT2D eigenvalue weighted by atomic mass is 16.6. The Morgan fingerprint density at radius 2 is 1.78 bits per heavy atom. The Kier molecular flexibility index (Phi) is 5.17. The minimum atomic E-state index is -1.07. The van der Waals surface area contributed by atoms with Crippen molar-refractivity contribution < 1.29 is 19.4 Å². The van der Waals surface area contributed by atoms with Crippen molar-refractivity contribution in [3.63, 3.8) is 0 Å². The van der Waals surface area contributed by atoms with Crippen LogP contribution in [0.4, 0.5) is 4.79 Å². The van der Waals surface area contributed by atoms with Crippen LogP contribution < -0.4 is 0 Å². The lowest BCUT2D eigenvalue weighted by Gasteiger charge is -2.14. The first-order valence-corrected chi connectivity index (χ1v) is 5.70. The highest BCUT2D eigenvalue weighted by Crippen LogP contribution is 2.07. The smallest absolute Gasteiger partial charge is 0.410 e. The van der Waals surface area contributed by atoms with E-state index in [2.05, 4.69) is 6.92 Å². The maximum Gasteiger partial charge on any atom is 0.410 e. The molecule has 0 fully saturated rings. The average Bonchev–Trinajstić information content (AvgIpc) is 2.35. The predicted octanol–water partition coefficient (Wildman–Crippen LogP) is 1.90. The van der Waals surface area contributed by atoms with Crippen molar-refractivity contribution in [1.82, 2.24) is 4.90 Å². The molecule has 0 aliphatic heterocycles. The summed E-state index contributed by atoms with van der Waals surface area (Å²) in [5.41, 5.74) is 2.09. The van der Waals surface area contributed by atoms with Gasteiger partial charge in [0.1, 0.15) is 13.2 Å². The predicted molar refractivity (Wildman–Crippen MR) is 66.3 cm³/mol. The van der Waals surface area contributed by atoms with E-state index < -0.39 is 12.1 Å². The summed E-state index contributed by atoms with van der Waals surface area (Å²) in [5.74, 6) is -1.07. The number of carboxylic acid groups (broad SMARTS) is 1. The highest BCUT2D eigenvalue weighted by molar-refractivity contribution is 5.76. The van der Waals surface area contributed by atoms with Crippen molar-refractivity contribution in [3.05, 3.63) is 35.4 Å². The van der Waals surface area contributed by atoms with Crippen LogP contribution in [0.3, 0.4) is 0 Å². The molecule has 0 bridgehead atoms. The molecule has 0 spiro atoms. The van der Waals surface area contributed by atoms with E-state index in [9.17, 15) is 9.59 Å². The molecule has 18 heavy (non-hydrogen) atoms. The van der Waals surface area contributed by atoms with Crippen LogP contribution in [0.25, 0.3) is 0 Å². The second-order valence-electron chi connectivity index (χ2n) is 3.97. The van der Waals surface area contributed by atoms with Crippen molar-refractivity contribution in [1.29, 1.82) is 0 Å². The van der Waals surface area contributed by atoms with E-state index in [1.165, 1.54) is 12.6 Å². The number of aliphatic carboxylic acids is 1. The Labute approximate surface area is 106 Å². The zero-order valence-corrected chi connectivity index (χ0v) is 10.5. The number of rotatable bonds is 5. The van der Waals surface area contributed by atoms with Crippen LogP contribution >= 0.6 is 0 Å². The topological polar surface area (TPSA) is 66.8 Å². The van der Waals surface area contributed by atoms with E-state index in [0.29, 0.717) is 0 Å². The fourth-order valence-corrected chi connectivity index (χ4v) is 1.39. The third kappa shape index (κ3) is 4.45. The van der Waals surface area contributed by atoms with Gasteiger partial charge in [0.25, 0.3) is 0 Å². The number of hydrogen-bond donors (Lipinski definition) is 1. The van der Waals surface area contributed by atoms with Gasteiger partial charge in [0.2, 0.25) is 0 Å². The molecule has 0 aliphatic rings. The molecule has 1 rings (SSSR count). The van der Waals surface area contributed by atoms with Crippen LogP contribution in [0, 0.1) is 0 Å². The van der Waals surface area contributed by atoms with Gasteiger partial charge < -0.3 is 14.7 Å². The number of carbonyl (C=O) groups excluding carboxylic acids is 1. The molecule has 0 atom stereocenters. The van der Waals surface area contributed by atoms with Crippen molar-refractivity contribution in [2.45, 2.75) is 20.0 Å². The molecule has 1 aromatic carbocycles. The average molecular weight is 251 g/mol. The normalized spacial score (nSPS) is 9.89. The standard InChI is InChI=1S/C13H17NO4/c1-3-10-4-6-11(7-5-10)9-18-13(17)14(2)8-12(15)16/h4-7H,3,8-9H2,1-2H3,(H,15,16). The third-order valence-corrected chi connectivity index (χ3v) is 2.48. The summed E-state index contributed by atoms with van der Waals surface area (Å²) in [6.45, 7) is 1.84. The molecule has 0 heterocycles. The summed E-state index contributed by atoms with van der Waals surface area (Å²) in [6.07, 6.45) is 0.318. The van der Waals surface area contributed by atoms with Gasteiger partial charge in [-0.3, -0.25) is 4.79 Å². The lowest BCUT2D eigenvalue weighted by atomic mass is 10.1. The number of aryl methyl sites for hydroxylation is 1. The molecule has 5 nitrogen and oxygen atoms in total. The molecule has 0 aromatic heterocycles. The van der Waals surface area contributed by atoms with Crippen LogP contribution in [0.5, 0.6) is 0 Å². The van der Waals surface area contributed by atoms with Crippen LogP contribution in [-0.4, -0.2) is 35.7 Å². The lowest BCUT2D eigenvalue weighted by Crippen LogP contribution is -2.32. The number of ether oxygens (including phenoxy) is 1. The summed E-state index contributed by atoms with van der Waals surface area (Å²) in [4.78, 5) is 22.8. The molecule has 98 valence electrons. The Bertz CT molecular complexity index is 414. The zero-order valence-electron chi connectivity index (χ0n) is 10.5. The maximum atomic E-state index is 11.4. The Hall–Kier alpha value is -2.04. The first-order chi connectivity index (χ1) is 8.52. The van der Waals surface area contributed by atoms with Crippen molar-refractivity contribution in [2.24, 2.45) is 0 Å². The summed E-state index contributed by atoms with van der Waals surface area (Å²) in [7, 11) is 1.39. The van der Waals surface area contributed by atoms with E-state index in [1.54, 1.807) is 0 Å². The Morgan fingerprint density at radius 1 is 1.22 bits per heavy atom. The zero-order chi connectivity index (χ0) is 13.5. The van der Waals surface area contributed by atoms with Gasteiger partial charge in [-0.05, 0) is 17.5 Å². The summed E-state index contributed by atoms with van der Waals surface area (Å²) < 4.78 is 4.99. The van der Waals surface area contributed by atoms with Crippen LogP contribution in [0.1, 0.15) is 18.1 Å².